The third-order valence-electron chi connectivity index (χ3n) is 5.21. The van der Waals surface area contributed by atoms with E-state index in [0.29, 0.717) is 50.6 Å². The van der Waals surface area contributed by atoms with Gasteiger partial charge < -0.3 is 18.3 Å². The highest BCUT2D eigenvalue weighted by Crippen LogP contribution is 2.36. The molecule has 3 aromatic heterocycles. The summed E-state index contributed by atoms with van der Waals surface area (Å²) in [5.74, 6) is -0.667. The van der Waals surface area contributed by atoms with Gasteiger partial charge in [0.2, 0.25) is 0 Å². The minimum Gasteiger partial charge on any atom is -0.396 e. The number of rotatable bonds is 7. The zero-order valence-electron chi connectivity index (χ0n) is 19.9. The van der Waals surface area contributed by atoms with Gasteiger partial charge in [0, 0.05) is 29.9 Å². The van der Waals surface area contributed by atoms with Crippen LogP contribution in [0.15, 0.2) is 60.7 Å². The summed E-state index contributed by atoms with van der Waals surface area (Å²) in [5, 5.41) is 4.89. The summed E-state index contributed by atoms with van der Waals surface area (Å²) in [6.07, 6.45) is 1.89. The topological polar surface area (TPSA) is 103 Å². The van der Waals surface area contributed by atoms with Crippen molar-refractivity contribution in [2.75, 3.05) is 4.90 Å². The molecule has 0 atom stereocenters. The third kappa shape index (κ3) is 6.38. The Kier molecular flexibility index (Phi) is 8.04. The van der Waals surface area contributed by atoms with Crippen molar-refractivity contribution in [2.45, 2.75) is 38.6 Å². The van der Waals surface area contributed by atoms with Crippen LogP contribution in [0.5, 0.6) is 0 Å². The first-order valence-electron chi connectivity index (χ1n) is 11.0. The maximum atomic E-state index is 13.0. The predicted octanol–water partition coefficient (Wildman–Crippen LogP) is 7.18. The van der Waals surface area contributed by atoms with Crippen molar-refractivity contribution in [1.82, 2.24) is 10.1 Å². The number of alkyl halides is 2. The van der Waals surface area contributed by atoms with Crippen molar-refractivity contribution in [3.63, 3.8) is 0 Å². The van der Waals surface area contributed by atoms with Crippen LogP contribution in [-0.4, -0.2) is 20.9 Å². The van der Waals surface area contributed by atoms with Gasteiger partial charge in [-0.3, -0.25) is 9.78 Å². The van der Waals surface area contributed by atoms with E-state index in [1.807, 2.05) is 20.8 Å². The number of halogens is 4. The summed E-state index contributed by atoms with van der Waals surface area (Å²) in [5.41, 5.74) is 1.46. The van der Waals surface area contributed by atoms with Crippen LogP contribution in [-0.2, 0) is 17.8 Å². The largest absolute Gasteiger partial charge is 0.519 e. The Bertz CT molecular complexity index is 1470. The summed E-state index contributed by atoms with van der Waals surface area (Å²) < 4.78 is 16.0. The average molecular weight is 585 g/mol. The third-order valence-corrected chi connectivity index (χ3v) is 6.21. The zero-order valence-corrected chi connectivity index (χ0v) is 23.0. The Morgan fingerprint density at radius 2 is 1.70 bits per heavy atom. The highest BCUT2D eigenvalue weighted by molar-refractivity contribution is 6.54. The van der Waals surface area contributed by atoms with Gasteiger partial charge in [-0.2, -0.15) is 0 Å². The van der Waals surface area contributed by atoms with Crippen LogP contribution in [0.2, 0.25) is 10.0 Å². The summed E-state index contributed by atoms with van der Waals surface area (Å²) in [6.45, 7) is 5.80. The number of amides is 1. The number of carbonyl (C=O) groups is 1. The molecule has 0 unspecified atom stereocenters. The number of anilines is 1. The van der Waals surface area contributed by atoms with E-state index in [2.05, 4.69) is 10.1 Å². The number of benzene rings is 1. The molecular formula is C25H21Cl4N3O5. The molecule has 37 heavy (non-hydrogen) atoms. The van der Waals surface area contributed by atoms with E-state index < -0.39 is 16.6 Å². The first-order chi connectivity index (χ1) is 17.4. The Morgan fingerprint density at radius 3 is 2.35 bits per heavy atom. The molecule has 0 spiro atoms. The second-order valence-electron chi connectivity index (χ2n) is 9.34. The van der Waals surface area contributed by atoms with Crippen molar-refractivity contribution in [3.05, 3.63) is 74.8 Å². The Morgan fingerprint density at radius 1 is 1.03 bits per heavy atom. The van der Waals surface area contributed by atoms with Gasteiger partial charge in [0.05, 0.1) is 16.6 Å². The minimum absolute atomic E-state index is 0.147. The molecule has 0 radical (unpaired) electrons. The van der Waals surface area contributed by atoms with Gasteiger partial charge in [-0.25, -0.2) is 4.79 Å². The summed E-state index contributed by atoms with van der Waals surface area (Å²) >= 11 is 24.5. The van der Waals surface area contributed by atoms with Crippen LogP contribution >= 0.6 is 46.4 Å². The molecule has 4 rings (SSSR count). The van der Waals surface area contributed by atoms with E-state index in [4.69, 9.17) is 59.8 Å². The molecule has 0 aliphatic rings. The number of nitrogens with zero attached hydrogens (tertiary/aromatic N) is 3. The normalized spacial score (nSPS) is 11.8. The summed E-state index contributed by atoms with van der Waals surface area (Å²) in [7, 11) is 0. The number of carbonyl (C=O) groups excluding carboxylic acids is 1. The minimum atomic E-state index is -1.37. The fourth-order valence-electron chi connectivity index (χ4n) is 3.61. The highest BCUT2D eigenvalue weighted by atomic mass is 35.5. The van der Waals surface area contributed by atoms with E-state index in [1.165, 1.54) is 11.1 Å². The van der Waals surface area contributed by atoms with Crippen molar-refractivity contribution in [1.29, 1.82) is 0 Å². The first kappa shape index (κ1) is 27.3. The van der Waals surface area contributed by atoms with Crippen LogP contribution in [0.3, 0.4) is 0 Å². The number of hydrogen-bond donors (Lipinski definition) is 0. The second kappa shape index (κ2) is 10.9. The van der Waals surface area contributed by atoms with Crippen LogP contribution in [0, 0.1) is 5.41 Å². The average Bonchev–Trinajstić information content (AvgIpc) is 3.42. The first-order valence-corrected chi connectivity index (χ1v) is 12.6. The van der Waals surface area contributed by atoms with Gasteiger partial charge in [-0.15, -0.1) is 0 Å². The molecule has 1 amide bonds. The van der Waals surface area contributed by atoms with Crippen molar-refractivity contribution in [3.8, 4) is 22.7 Å². The van der Waals surface area contributed by atoms with E-state index in [-0.39, 0.29) is 17.7 Å². The standard InChI is InChI=1S/C25H21Cl4N3O5/c1-25(2,3)11-19-20(36-24(34)35-19)12-32(23(33)22(28)29)13-7-8-30-16(9-13)18-10-17(31-37-18)21-14(26)5-4-6-15(21)27/h4-10,22H,11-12H2,1-3H3. The lowest BCUT2D eigenvalue weighted by Crippen LogP contribution is -2.34. The molecule has 1 aromatic carbocycles. The van der Waals surface area contributed by atoms with Crippen LogP contribution in [0.4, 0.5) is 5.69 Å². The fraction of sp³-hybridized carbons (Fsp3) is 0.280. The van der Waals surface area contributed by atoms with Crippen molar-refractivity contribution >= 4 is 58.0 Å². The van der Waals surface area contributed by atoms with Gasteiger partial charge in [0.15, 0.2) is 22.1 Å². The number of aromatic nitrogens is 2. The molecular weight excluding hydrogens is 564 g/mol. The van der Waals surface area contributed by atoms with E-state index >= 15 is 0 Å². The lowest BCUT2D eigenvalue weighted by Gasteiger charge is -2.23. The lowest BCUT2D eigenvalue weighted by molar-refractivity contribution is -0.117. The maximum Gasteiger partial charge on any atom is 0.519 e. The van der Waals surface area contributed by atoms with E-state index in [0.717, 1.165) is 0 Å². The molecule has 8 nitrogen and oxygen atoms in total. The van der Waals surface area contributed by atoms with Crippen LogP contribution in [0.1, 0.15) is 32.3 Å². The monoisotopic (exact) mass is 583 g/mol. The van der Waals surface area contributed by atoms with Crippen molar-refractivity contribution < 1.29 is 18.2 Å². The predicted molar refractivity (Wildman–Crippen MR) is 142 cm³/mol. The van der Waals surface area contributed by atoms with Gasteiger partial charge >= 0.3 is 5.82 Å². The Hall–Kier alpha value is -2.78. The molecule has 0 aliphatic carbocycles. The van der Waals surface area contributed by atoms with E-state index in [9.17, 15) is 9.59 Å². The lowest BCUT2D eigenvalue weighted by atomic mass is 9.90. The van der Waals surface area contributed by atoms with Gasteiger partial charge in [-0.05, 0) is 29.7 Å². The van der Waals surface area contributed by atoms with Gasteiger partial charge in [0.25, 0.3) is 5.91 Å². The van der Waals surface area contributed by atoms with Gasteiger partial charge in [-0.1, -0.05) is 78.4 Å². The molecule has 0 N–H and O–H groups in total. The number of hydrogen-bond acceptors (Lipinski definition) is 7. The second-order valence-corrected chi connectivity index (χ2v) is 11.2. The van der Waals surface area contributed by atoms with Crippen molar-refractivity contribution in [2.24, 2.45) is 5.41 Å². The molecule has 4 aromatic rings. The van der Waals surface area contributed by atoms with Crippen LogP contribution in [0.25, 0.3) is 22.7 Å². The number of pyridine rings is 1. The maximum absolute atomic E-state index is 13.0. The molecule has 0 saturated heterocycles. The zero-order chi connectivity index (χ0) is 26.9. The molecule has 0 bridgehead atoms. The molecule has 0 saturated carbocycles. The Labute approximate surface area is 232 Å². The fourth-order valence-corrected chi connectivity index (χ4v) is 4.44. The van der Waals surface area contributed by atoms with Crippen LogP contribution < -0.4 is 10.7 Å². The summed E-state index contributed by atoms with van der Waals surface area (Å²) in [4.78, 5) is 29.1. The highest BCUT2D eigenvalue weighted by Gasteiger charge is 2.28. The quantitative estimate of drug-likeness (QED) is 0.212. The summed E-state index contributed by atoms with van der Waals surface area (Å²) in [6, 6.07) is 9.91. The smallest absolute Gasteiger partial charge is 0.396 e. The Balaban J connectivity index is 1.70. The molecule has 194 valence electrons. The van der Waals surface area contributed by atoms with E-state index in [1.54, 1.807) is 36.4 Å². The molecule has 0 fully saturated rings. The molecule has 12 heteroatoms. The molecule has 0 aliphatic heterocycles. The SMILES string of the molecule is CC(C)(C)Cc1oc(=O)oc1CN(C(=O)C(Cl)Cl)c1ccnc(-c2cc(-c3c(Cl)cccc3Cl)no2)c1. The van der Waals surface area contributed by atoms with Gasteiger partial charge in [0.1, 0.15) is 11.4 Å². The molecule has 3 heterocycles.